The molecule has 3 rings (SSSR count). The van der Waals surface area contributed by atoms with Crippen LogP contribution in [0.15, 0.2) is 48.9 Å². The van der Waals surface area contributed by atoms with E-state index in [-0.39, 0.29) is 0 Å². The monoisotopic (exact) mass is 320 g/mol. The molecule has 0 radical (unpaired) electrons. The van der Waals surface area contributed by atoms with Crippen LogP contribution in [0.1, 0.15) is 18.1 Å². The number of rotatable bonds is 5. The number of nitrogen functional groups attached to an aromatic ring is 1. The second-order valence-electron chi connectivity index (χ2n) is 5.41. The molecule has 0 saturated heterocycles. The average Bonchev–Trinajstić information content (AvgIpc) is 2.61. The molecule has 0 aliphatic heterocycles. The van der Waals surface area contributed by atoms with Gasteiger partial charge in [0.15, 0.2) is 11.6 Å². The van der Waals surface area contributed by atoms with Crippen LogP contribution in [0, 0.1) is 6.92 Å². The first-order valence-electron chi connectivity index (χ1n) is 7.83. The number of hydrogen-bond acceptors (Lipinski definition) is 6. The Morgan fingerprint density at radius 3 is 2.42 bits per heavy atom. The fourth-order valence-electron chi connectivity index (χ4n) is 2.40. The predicted octanol–water partition coefficient (Wildman–Crippen LogP) is 3.81. The number of hydrogen-bond donors (Lipinski definition) is 3. The van der Waals surface area contributed by atoms with Crippen molar-refractivity contribution in [2.45, 2.75) is 20.3 Å². The third-order valence-electron chi connectivity index (χ3n) is 3.78. The van der Waals surface area contributed by atoms with Crippen molar-refractivity contribution in [1.82, 2.24) is 15.0 Å². The van der Waals surface area contributed by atoms with Gasteiger partial charge in [-0.2, -0.15) is 0 Å². The highest BCUT2D eigenvalue weighted by Gasteiger charge is 2.11. The second kappa shape index (κ2) is 6.95. The zero-order valence-corrected chi connectivity index (χ0v) is 13.7. The molecule has 2 aromatic heterocycles. The van der Waals surface area contributed by atoms with Crippen LogP contribution in [0.4, 0.5) is 28.8 Å². The Bertz CT molecular complexity index is 846. The molecule has 0 spiro atoms. The van der Waals surface area contributed by atoms with Crippen molar-refractivity contribution in [2.24, 2.45) is 0 Å². The molecule has 0 fully saturated rings. The van der Waals surface area contributed by atoms with Gasteiger partial charge < -0.3 is 16.4 Å². The molecule has 6 heteroatoms. The summed E-state index contributed by atoms with van der Waals surface area (Å²) in [5.74, 6) is 1.83. The van der Waals surface area contributed by atoms with E-state index in [0.29, 0.717) is 17.3 Å². The lowest BCUT2D eigenvalue weighted by Gasteiger charge is -2.14. The van der Waals surface area contributed by atoms with Crippen LogP contribution < -0.4 is 16.4 Å². The first-order valence-corrected chi connectivity index (χ1v) is 7.83. The van der Waals surface area contributed by atoms with Crippen LogP contribution in [-0.4, -0.2) is 15.0 Å². The van der Waals surface area contributed by atoms with Crippen LogP contribution in [0.5, 0.6) is 0 Å². The van der Waals surface area contributed by atoms with Crippen molar-refractivity contribution in [3.63, 3.8) is 0 Å². The van der Waals surface area contributed by atoms with Gasteiger partial charge in [0.2, 0.25) is 0 Å². The number of nitrogens with one attached hydrogen (secondary N) is 2. The van der Waals surface area contributed by atoms with Crippen molar-refractivity contribution in [1.29, 1.82) is 0 Å². The number of aromatic nitrogens is 3. The Morgan fingerprint density at radius 2 is 1.67 bits per heavy atom. The van der Waals surface area contributed by atoms with E-state index in [9.17, 15) is 0 Å². The Hall–Kier alpha value is -3.15. The lowest BCUT2D eigenvalue weighted by Crippen LogP contribution is -2.07. The van der Waals surface area contributed by atoms with E-state index in [0.717, 1.165) is 23.5 Å². The van der Waals surface area contributed by atoms with Gasteiger partial charge in [0, 0.05) is 11.9 Å². The first-order chi connectivity index (χ1) is 11.7. The molecule has 0 aliphatic carbocycles. The SMILES string of the molecule is CCc1ccccc1Nc1ncnc(Nc2ncccc2C)c1N. The Morgan fingerprint density at radius 1 is 0.917 bits per heavy atom. The fraction of sp³-hybridized carbons (Fsp3) is 0.167. The molecule has 2 heterocycles. The predicted molar refractivity (Wildman–Crippen MR) is 97.8 cm³/mol. The van der Waals surface area contributed by atoms with E-state index in [1.54, 1.807) is 6.20 Å². The van der Waals surface area contributed by atoms with Crippen molar-refractivity contribution in [3.8, 4) is 0 Å². The van der Waals surface area contributed by atoms with E-state index < -0.39 is 0 Å². The van der Waals surface area contributed by atoms with Gasteiger partial charge in [0.05, 0.1) is 0 Å². The number of nitrogens with two attached hydrogens (primary N) is 1. The third kappa shape index (κ3) is 3.27. The highest BCUT2D eigenvalue weighted by Crippen LogP contribution is 2.29. The van der Waals surface area contributed by atoms with Gasteiger partial charge in [0.1, 0.15) is 17.8 Å². The summed E-state index contributed by atoms with van der Waals surface area (Å²) in [6.07, 6.45) is 4.13. The maximum Gasteiger partial charge on any atom is 0.160 e. The third-order valence-corrected chi connectivity index (χ3v) is 3.78. The molecule has 6 nitrogen and oxygen atoms in total. The van der Waals surface area contributed by atoms with Gasteiger partial charge in [-0.25, -0.2) is 15.0 Å². The van der Waals surface area contributed by atoms with Gasteiger partial charge >= 0.3 is 0 Å². The summed E-state index contributed by atoms with van der Waals surface area (Å²) in [6, 6.07) is 12.0. The molecular formula is C18H20N6. The van der Waals surface area contributed by atoms with E-state index in [1.165, 1.54) is 11.9 Å². The summed E-state index contributed by atoms with van der Waals surface area (Å²) in [5.41, 5.74) is 9.90. The molecule has 24 heavy (non-hydrogen) atoms. The smallest absolute Gasteiger partial charge is 0.160 e. The highest BCUT2D eigenvalue weighted by molar-refractivity contribution is 5.80. The number of pyridine rings is 1. The maximum atomic E-state index is 6.24. The van der Waals surface area contributed by atoms with E-state index in [4.69, 9.17) is 5.73 Å². The van der Waals surface area contributed by atoms with Crippen LogP contribution in [-0.2, 0) is 6.42 Å². The lowest BCUT2D eigenvalue weighted by molar-refractivity contribution is 1.13. The summed E-state index contributed by atoms with van der Waals surface area (Å²) < 4.78 is 0. The molecular weight excluding hydrogens is 300 g/mol. The zero-order chi connectivity index (χ0) is 16.9. The van der Waals surface area contributed by atoms with Crippen molar-refractivity contribution in [3.05, 3.63) is 60.0 Å². The molecule has 4 N–H and O–H groups in total. The number of aryl methyl sites for hydroxylation is 2. The largest absolute Gasteiger partial charge is 0.393 e. The Kier molecular flexibility index (Phi) is 4.56. The van der Waals surface area contributed by atoms with Gasteiger partial charge in [-0.1, -0.05) is 31.2 Å². The normalized spacial score (nSPS) is 10.4. The standard InChI is InChI=1S/C18H20N6/c1-3-13-8-4-5-9-14(13)23-17-15(19)18(22-11-21-17)24-16-12(2)7-6-10-20-16/h4-11H,3,19H2,1-2H3,(H2,20,21,22,23,24). The van der Waals surface area contributed by atoms with E-state index >= 15 is 0 Å². The molecule has 3 aromatic rings. The Labute approximate surface area is 141 Å². The molecule has 0 saturated carbocycles. The first kappa shape index (κ1) is 15.7. The fourth-order valence-corrected chi connectivity index (χ4v) is 2.40. The minimum absolute atomic E-state index is 0.452. The van der Waals surface area contributed by atoms with Crippen LogP contribution in [0.3, 0.4) is 0 Å². The minimum atomic E-state index is 0.452. The van der Waals surface area contributed by atoms with Crippen LogP contribution in [0.25, 0.3) is 0 Å². The quantitative estimate of drug-likeness (QED) is 0.662. The Balaban J connectivity index is 1.90. The van der Waals surface area contributed by atoms with Gasteiger partial charge in [-0.15, -0.1) is 0 Å². The zero-order valence-electron chi connectivity index (χ0n) is 13.7. The second-order valence-corrected chi connectivity index (χ2v) is 5.41. The van der Waals surface area contributed by atoms with Gasteiger partial charge in [-0.3, -0.25) is 0 Å². The van der Waals surface area contributed by atoms with Crippen LogP contribution in [0.2, 0.25) is 0 Å². The highest BCUT2D eigenvalue weighted by atomic mass is 15.1. The minimum Gasteiger partial charge on any atom is -0.393 e. The molecule has 122 valence electrons. The molecule has 0 amide bonds. The van der Waals surface area contributed by atoms with Gasteiger partial charge in [-0.05, 0) is 36.6 Å². The lowest BCUT2D eigenvalue weighted by atomic mass is 10.1. The topological polar surface area (TPSA) is 88.8 Å². The summed E-state index contributed by atoms with van der Waals surface area (Å²) in [6.45, 7) is 4.09. The summed E-state index contributed by atoms with van der Waals surface area (Å²) >= 11 is 0. The van der Waals surface area contributed by atoms with Gasteiger partial charge in [0.25, 0.3) is 0 Å². The molecule has 1 aromatic carbocycles. The van der Waals surface area contributed by atoms with Crippen LogP contribution >= 0.6 is 0 Å². The summed E-state index contributed by atoms with van der Waals surface area (Å²) in [7, 11) is 0. The number of para-hydroxylation sites is 1. The molecule has 0 atom stereocenters. The number of anilines is 5. The van der Waals surface area contributed by atoms with E-state index in [2.05, 4.69) is 38.6 Å². The van der Waals surface area contributed by atoms with E-state index in [1.807, 2.05) is 37.3 Å². The maximum absolute atomic E-state index is 6.24. The van der Waals surface area contributed by atoms with Crippen molar-refractivity contribution < 1.29 is 0 Å². The molecule has 0 aliphatic rings. The van der Waals surface area contributed by atoms with Crippen molar-refractivity contribution in [2.75, 3.05) is 16.4 Å². The number of benzene rings is 1. The molecule has 0 bridgehead atoms. The number of nitrogens with zero attached hydrogens (tertiary/aromatic N) is 3. The van der Waals surface area contributed by atoms with Crippen molar-refractivity contribution >= 4 is 28.8 Å². The summed E-state index contributed by atoms with van der Waals surface area (Å²) in [5, 5.41) is 6.46. The molecule has 0 unspecified atom stereocenters. The summed E-state index contributed by atoms with van der Waals surface area (Å²) in [4.78, 5) is 12.8. The average molecular weight is 320 g/mol.